The summed E-state index contributed by atoms with van der Waals surface area (Å²) < 4.78 is 10.5. The predicted molar refractivity (Wildman–Crippen MR) is 84.0 cm³/mol. The summed E-state index contributed by atoms with van der Waals surface area (Å²) in [7, 11) is 0. The fourth-order valence-corrected chi connectivity index (χ4v) is 1.49. The van der Waals surface area contributed by atoms with Crippen LogP contribution in [0, 0.1) is 17.8 Å². The third kappa shape index (κ3) is 7.84. The highest BCUT2D eigenvalue weighted by Crippen LogP contribution is 2.12. The minimum Gasteiger partial charge on any atom is -0.494 e. The Labute approximate surface area is 127 Å². The topological polar surface area (TPSA) is 35.5 Å². The molecule has 0 fully saturated rings. The van der Waals surface area contributed by atoms with Crippen LogP contribution >= 0.6 is 0 Å². The number of hydrogen-bond donors (Lipinski definition) is 0. The summed E-state index contributed by atoms with van der Waals surface area (Å²) in [6.45, 7) is 8.47. The van der Waals surface area contributed by atoms with Crippen molar-refractivity contribution in [3.05, 3.63) is 42.5 Å². The molecule has 3 nitrogen and oxygen atoms in total. The molecular weight excluding hydrogens is 264 g/mol. The van der Waals surface area contributed by atoms with Crippen molar-refractivity contribution in [3.63, 3.8) is 0 Å². The quantitative estimate of drug-likeness (QED) is 0.332. The molecule has 0 aliphatic heterocycles. The van der Waals surface area contributed by atoms with Gasteiger partial charge in [-0.2, -0.15) is 0 Å². The van der Waals surface area contributed by atoms with Gasteiger partial charge in [0.25, 0.3) is 0 Å². The van der Waals surface area contributed by atoms with Crippen LogP contribution in [0.3, 0.4) is 0 Å². The first-order valence-corrected chi connectivity index (χ1v) is 7.15. The third-order valence-electron chi connectivity index (χ3n) is 2.58. The summed E-state index contributed by atoms with van der Waals surface area (Å²) in [4.78, 5) is 10.8. The fraction of sp³-hybridized carbons (Fsp3) is 0.389. The molecule has 0 N–H and O–H groups in total. The smallest absolute Gasteiger partial charge is 0.330 e. The largest absolute Gasteiger partial charge is 0.494 e. The van der Waals surface area contributed by atoms with Crippen LogP contribution in [0.5, 0.6) is 5.75 Å². The zero-order valence-electron chi connectivity index (χ0n) is 12.7. The van der Waals surface area contributed by atoms with Gasteiger partial charge in [-0.05, 0) is 37.1 Å². The van der Waals surface area contributed by atoms with E-state index in [1.807, 2.05) is 24.3 Å². The third-order valence-corrected chi connectivity index (χ3v) is 2.58. The molecule has 0 amide bonds. The Hall–Kier alpha value is -2.21. The molecule has 0 unspecified atom stereocenters. The molecule has 0 bridgehead atoms. The lowest BCUT2D eigenvalue weighted by molar-refractivity contribution is -0.137. The molecule has 0 aromatic heterocycles. The van der Waals surface area contributed by atoms with E-state index in [2.05, 4.69) is 32.3 Å². The molecule has 1 aromatic rings. The van der Waals surface area contributed by atoms with Gasteiger partial charge in [-0.1, -0.05) is 32.3 Å². The molecule has 1 rings (SSSR count). The minimum atomic E-state index is -0.381. The van der Waals surface area contributed by atoms with Crippen LogP contribution in [0.1, 0.15) is 32.3 Å². The van der Waals surface area contributed by atoms with Crippen molar-refractivity contribution in [2.75, 3.05) is 13.2 Å². The Morgan fingerprint density at radius 2 is 1.90 bits per heavy atom. The van der Waals surface area contributed by atoms with Crippen molar-refractivity contribution in [1.29, 1.82) is 0 Å². The molecule has 0 heterocycles. The summed E-state index contributed by atoms with van der Waals surface area (Å²) in [6, 6.07) is 7.75. The van der Waals surface area contributed by atoms with Gasteiger partial charge < -0.3 is 9.47 Å². The average molecular weight is 286 g/mol. The number of rotatable bonds is 7. The Balaban J connectivity index is 2.23. The maximum Gasteiger partial charge on any atom is 0.330 e. The van der Waals surface area contributed by atoms with Gasteiger partial charge in [-0.15, -0.1) is 0 Å². The Kier molecular flexibility index (Phi) is 7.74. The molecule has 0 saturated heterocycles. The molecule has 0 saturated carbocycles. The molecule has 0 aliphatic carbocycles. The number of unbranched alkanes of at least 4 members (excludes halogenated alkanes) is 1. The van der Waals surface area contributed by atoms with Crippen molar-refractivity contribution < 1.29 is 14.3 Å². The molecule has 1 aromatic carbocycles. The van der Waals surface area contributed by atoms with Crippen LogP contribution in [0.15, 0.2) is 36.9 Å². The van der Waals surface area contributed by atoms with Crippen LogP contribution in [-0.4, -0.2) is 19.2 Å². The second kappa shape index (κ2) is 9.66. The number of ether oxygens (including phenoxy) is 2. The predicted octanol–water partition coefficient (Wildman–Crippen LogP) is 3.58. The molecule has 3 heteroatoms. The lowest BCUT2D eigenvalue weighted by atomic mass is 10.2. The minimum absolute atomic E-state index is 0.371. The van der Waals surface area contributed by atoms with Crippen LogP contribution in [0.4, 0.5) is 0 Å². The molecular formula is C18H22O3. The number of carbonyl (C=O) groups is 1. The highest BCUT2D eigenvalue weighted by molar-refractivity contribution is 5.81. The lowest BCUT2D eigenvalue weighted by Gasteiger charge is -2.06. The zero-order chi connectivity index (χ0) is 15.5. The zero-order valence-corrected chi connectivity index (χ0v) is 12.7. The number of carbonyl (C=O) groups excluding carboxylic acids is 1. The first kappa shape index (κ1) is 16.8. The van der Waals surface area contributed by atoms with Crippen molar-refractivity contribution in [2.24, 2.45) is 5.92 Å². The van der Waals surface area contributed by atoms with Gasteiger partial charge in [-0.3, -0.25) is 0 Å². The normalized spacial score (nSPS) is 9.67. The summed E-state index contributed by atoms with van der Waals surface area (Å²) in [6.07, 6.45) is 2.77. The van der Waals surface area contributed by atoms with Crippen LogP contribution in [0.2, 0.25) is 0 Å². The Morgan fingerprint density at radius 1 is 1.24 bits per heavy atom. The Bertz CT molecular complexity index is 504. The molecule has 21 heavy (non-hydrogen) atoms. The van der Waals surface area contributed by atoms with E-state index in [1.165, 1.54) is 6.08 Å². The van der Waals surface area contributed by atoms with E-state index in [0.29, 0.717) is 19.1 Å². The molecule has 112 valence electrons. The first-order chi connectivity index (χ1) is 10.1. The van der Waals surface area contributed by atoms with Gasteiger partial charge in [0.05, 0.1) is 13.2 Å². The van der Waals surface area contributed by atoms with Crippen molar-refractivity contribution in [1.82, 2.24) is 0 Å². The molecule has 0 radical (unpaired) electrons. The van der Waals surface area contributed by atoms with E-state index < -0.39 is 0 Å². The summed E-state index contributed by atoms with van der Waals surface area (Å²) in [5.74, 6) is 7.05. The van der Waals surface area contributed by atoms with Gasteiger partial charge in [-0.25, -0.2) is 4.79 Å². The van der Waals surface area contributed by atoms with E-state index in [9.17, 15) is 4.79 Å². The van der Waals surface area contributed by atoms with E-state index in [1.54, 1.807) is 0 Å². The van der Waals surface area contributed by atoms with Crippen molar-refractivity contribution >= 4 is 5.97 Å². The van der Waals surface area contributed by atoms with Crippen LogP contribution < -0.4 is 4.74 Å². The van der Waals surface area contributed by atoms with Gasteiger partial charge in [0, 0.05) is 17.6 Å². The number of esters is 1. The summed E-state index contributed by atoms with van der Waals surface area (Å²) in [5.41, 5.74) is 0.993. The van der Waals surface area contributed by atoms with Crippen LogP contribution in [0.25, 0.3) is 0 Å². The molecule has 0 atom stereocenters. The van der Waals surface area contributed by atoms with Crippen molar-refractivity contribution in [2.45, 2.75) is 26.7 Å². The lowest BCUT2D eigenvalue weighted by Crippen LogP contribution is -2.04. The number of benzene rings is 1. The number of hydrogen-bond acceptors (Lipinski definition) is 3. The van der Waals surface area contributed by atoms with E-state index in [-0.39, 0.29) is 5.97 Å². The average Bonchev–Trinajstić information content (AvgIpc) is 2.49. The van der Waals surface area contributed by atoms with Gasteiger partial charge in [0.15, 0.2) is 0 Å². The van der Waals surface area contributed by atoms with Gasteiger partial charge in [0.2, 0.25) is 0 Å². The van der Waals surface area contributed by atoms with E-state index in [0.717, 1.165) is 24.2 Å². The summed E-state index contributed by atoms with van der Waals surface area (Å²) in [5, 5.41) is 0. The van der Waals surface area contributed by atoms with Gasteiger partial charge >= 0.3 is 5.97 Å². The fourth-order valence-electron chi connectivity index (χ4n) is 1.49. The first-order valence-electron chi connectivity index (χ1n) is 7.15. The second-order valence-corrected chi connectivity index (χ2v) is 4.88. The second-order valence-electron chi connectivity index (χ2n) is 4.88. The maximum absolute atomic E-state index is 10.8. The highest BCUT2D eigenvalue weighted by atomic mass is 16.5. The Morgan fingerprint density at radius 3 is 2.52 bits per heavy atom. The summed E-state index contributed by atoms with van der Waals surface area (Å²) >= 11 is 0. The standard InChI is InChI=1S/C18H22O3/c1-4-18(19)21-14-6-5-13-20-17-11-9-16(10-12-17)8-7-15(2)3/h4,9-12,15H,1,5-6,13-14H2,2-3H3. The van der Waals surface area contributed by atoms with E-state index >= 15 is 0 Å². The van der Waals surface area contributed by atoms with Crippen LogP contribution in [-0.2, 0) is 9.53 Å². The molecule has 0 spiro atoms. The highest BCUT2D eigenvalue weighted by Gasteiger charge is 1.97. The van der Waals surface area contributed by atoms with E-state index in [4.69, 9.17) is 9.47 Å². The maximum atomic E-state index is 10.8. The SMILES string of the molecule is C=CC(=O)OCCCCOc1ccc(C#CC(C)C)cc1. The molecule has 0 aliphatic rings. The monoisotopic (exact) mass is 286 g/mol. The van der Waals surface area contributed by atoms with Gasteiger partial charge in [0.1, 0.15) is 5.75 Å². The van der Waals surface area contributed by atoms with Crippen molar-refractivity contribution in [3.8, 4) is 17.6 Å².